The van der Waals surface area contributed by atoms with Gasteiger partial charge >= 0.3 is 0 Å². The predicted molar refractivity (Wildman–Crippen MR) is 98.3 cm³/mol. The van der Waals surface area contributed by atoms with Crippen molar-refractivity contribution >= 4 is 24.3 Å². The maximum atomic E-state index is 11.6. The summed E-state index contributed by atoms with van der Waals surface area (Å²) in [4.78, 5) is 24.8. The molecule has 136 valence electrons. The molecule has 24 heavy (non-hydrogen) atoms. The predicted octanol–water partition coefficient (Wildman–Crippen LogP) is 0.784. The maximum Gasteiger partial charge on any atom is 0.225 e. The topological polar surface area (TPSA) is 87.4 Å². The Morgan fingerprint density at radius 1 is 1.46 bits per heavy atom. The molecule has 1 aromatic heterocycles. The fourth-order valence-electron chi connectivity index (χ4n) is 2.85. The van der Waals surface area contributed by atoms with Gasteiger partial charge in [0.1, 0.15) is 0 Å². The van der Waals surface area contributed by atoms with E-state index < -0.39 is 0 Å². The number of halogens is 1. The van der Waals surface area contributed by atoms with Crippen molar-refractivity contribution in [2.24, 2.45) is 5.73 Å². The van der Waals surface area contributed by atoms with Crippen LogP contribution < -0.4 is 16.0 Å². The van der Waals surface area contributed by atoms with Crippen molar-refractivity contribution in [3.05, 3.63) is 18.0 Å². The first-order valence-corrected chi connectivity index (χ1v) is 8.30. The molecule has 1 aliphatic heterocycles. The van der Waals surface area contributed by atoms with E-state index in [-0.39, 0.29) is 18.3 Å². The first kappa shape index (κ1) is 20.6. The van der Waals surface area contributed by atoms with Crippen molar-refractivity contribution in [1.29, 1.82) is 0 Å². The number of anilines is 1. The van der Waals surface area contributed by atoms with Crippen molar-refractivity contribution in [2.45, 2.75) is 38.3 Å². The normalized spacial score (nSPS) is 17.9. The zero-order chi connectivity index (χ0) is 16.7. The van der Waals surface area contributed by atoms with Gasteiger partial charge in [0.25, 0.3) is 0 Å². The minimum absolute atomic E-state index is 0. The van der Waals surface area contributed by atoms with Crippen LogP contribution in [0.2, 0.25) is 0 Å². The van der Waals surface area contributed by atoms with Crippen LogP contribution in [0.15, 0.2) is 12.3 Å². The first-order valence-electron chi connectivity index (χ1n) is 8.30. The molecule has 1 saturated heterocycles. The number of carbonyl (C=O) groups excluding carboxylic acids is 1. The number of nitrogens with zero attached hydrogens (tertiary/aromatic N) is 4. The minimum Gasteiger partial charge on any atom is -0.354 e. The molecule has 1 aromatic rings. The molecule has 0 aromatic carbocycles. The standard InChI is InChI=1S/C16H28N6O.ClH/c1-21(2)16-18-9-7-13(20-16)12-22-10-4-3-5-14(22)11-19-15(23)6-8-17;/h7,9,14H,3-6,8,10-12,17H2,1-2H3,(H,19,23);1H. The van der Waals surface area contributed by atoms with Gasteiger partial charge in [0.2, 0.25) is 11.9 Å². The lowest BCUT2D eigenvalue weighted by molar-refractivity contribution is -0.121. The number of rotatable bonds is 7. The van der Waals surface area contributed by atoms with Gasteiger partial charge in [0, 0.05) is 52.4 Å². The summed E-state index contributed by atoms with van der Waals surface area (Å²) in [7, 11) is 3.88. The molecule has 0 saturated carbocycles. The number of carbonyl (C=O) groups is 1. The molecule has 0 bridgehead atoms. The second-order valence-electron chi connectivity index (χ2n) is 6.21. The summed E-state index contributed by atoms with van der Waals surface area (Å²) in [6, 6.07) is 2.33. The number of hydrogen-bond donors (Lipinski definition) is 2. The molecule has 1 aliphatic rings. The molecule has 2 rings (SSSR count). The van der Waals surface area contributed by atoms with Crippen LogP contribution in [-0.4, -0.2) is 60.5 Å². The van der Waals surface area contributed by atoms with E-state index in [1.807, 2.05) is 25.1 Å². The van der Waals surface area contributed by atoms with Crippen molar-refractivity contribution in [1.82, 2.24) is 20.2 Å². The number of piperidine rings is 1. The lowest BCUT2D eigenvalue weighted by Gasteiger charge is -2.35. The van der Waals surface area contributed by atoms with Gasteiger partial charge in [-0.25, -0.2) is 9.97 Å². The second kappa shape index (κ2) is 10.4. The molecule has 0 aliphatic carbocycles. The summed E-state index contributed by atoms with van der Waals surface area (Å²) < 4.78 is 0. The highest BCUT2D eigenvalue weighted by Gasteiger charge is 2.23. The number of amides is 1. The van der Waals surface area contributed by atoms with Gasteiger partial charge in [0.15, 0.2) is 0 Å². The quantitative estimate of drug-likeness (QED) is 0.750. The Morgan fingerprint density at radius 3 is 2.96 bits per heavy atom. The zero-order valence-electron chi connectivity index (χ0n) is 14.6. The average molecular weight is 357 g/mol. The highest BCUT2D eigenvalue weighted by atomic mass is 35.5. The molecular formula is C16H29ClN6O. The van der Waals surface area contributed by atoms with Crippen LogP contribution in [0.3, 0.4) is 0 Å². The Labute approximate surface area is 150 Å². The summed E-state index contributed by atoms with van der Waals surface area (Å²) in [5.74, 6) is 0.766. The largest absolute Gasteiger partial charge is 0.354 e. The molecule has 1 atom stereocenters. The summed E-state index contributed by atoms with van der Waals surface area (Å²) in [6.45, 7) is 2.92. The van der Waals surface area contributed by atoms with E-state index in [2.05, 4.69) is 20.2 Å². The fraction of sp³-hybridized carbons (Fsp3) is 0.688. The average Bonchev–Trinajstić information content (AvgIpc) is 2.54. The highest BCUT2D eigenvalue weighted by molar-refractivity contribution is 5.85. The van der Waals surface area contributed by atoms with Gasteiger partial charge in [-0.3, -0.25) is 9.69 Å². The Morgan fingerprint density at radius 2 is 2.25 bits per heavy atom. The number of likely N-dealkylation sites (tertiary alicyclic amines) is 1. The van der Waals surface area contributed by atoms with Crippen molar-refractivity contribution in [3.63, 3.8) is 0 Å². The molecule has 0 spiro atoms. The van der Waals surface area contributed by atoms with Gasteiger partial charge in [0.05, 0.1) is 5.69 Å². The Bertz CT molecular complexity index is 513. The van der Waals surface area contributed by atoms with Crippen molar-refractivity contribution in [2.75, 3.05) is 38.6 Å². The summed E-state index contributed by atoms with van der Waals surface area (Å²) in [5.41, 5.74) is 6.43. The summed E-state index contributed by atoms with van der Waals surface area (Å²) in [6.07, 6.45) is 5.71. The van der Waals surface area contributed by atoms with Gasteiger partial charge < -0.3 is 16.0 Å². The molecule has 1 unspecified atom stereocenters. The molecule has 2 heterocycles. The molecule has 3 N–H and O–H groups in total. The van der Waals surface area contributed by atoms with Crippen molar-refractivity contribution < 1.29 is 4.79 Å². The monoisotopic (exact) mass is 356 g/mol. The van der Waals surface area contributed by atoms with E-state index >= 15 is 0 Å². The van der Waals surface area contributed by atoms with E-state index in [0.29, 0.717) is 25.6 Å². The Kier molecular flexibility index (Phi) is 8.95. The molecular weight excluding hydrogens is 328 g/mol. The third-order valence-corrected chi connectivity index (χ3v) is 4.12. The first-order chi connectivity index (χ1) is 11.1. The Balaban J connectivity index is 0.00000288. The van der Waals surface area contributed by atoms with E-state index in [9.17, 15) is 4.79 Å². The van der Waals surface area contributed by atoms with Gasteiger partial charge in [-0.2, -0.15) is 0 Å². The summed E-state index contributed by atoms with van der Waals surface area (Å²) >= 11 is 0. The minimum atomic E-state index is 0. The van der Waals surface area contributed by atoms with E-state index in [1.54, 1.807) is 6.20 Å². The van der Waals surface area contributed by atoms with E-state index in [0.717, 1.165) is 31.2 Å². The van der Waals surface area contributed by atoms with Crippen LogP contribution in [0.5, 0.6) is 0 Å². The van der Waals surface area contributed by atoms with Crippen LogP contribution in [0.4, 0.5) is 5.95 Å². The third-order valence-electron chi connectivity index (χ3n) is 4.12. The van der Waals surface area contributed by atoms with Gasteiger partial charge in [-0.1, -0.05) is 6.42 Å². The van der Waals surface area contributed by atoms with Gasteiger partial charge in [-0.15, -0.1) is 12.4 Å². The third kappa shape index (κ3) is 6.22. The van der Waals surface area contributed by atoms with E-state index in [4.69, 9.17) is 5.73 Å². The van der Waals surface area contributed by atoms with Gasteiger partial charge in [-0.05, 0) is 25.5 Å². The highest BCUT2D eigenvalue weighted by Crippen LogP contribution is 2.19. The number of hydrogen-bond acceptors (Lipinski definition) is 6. The molecule has 1 amide bonds. The number of nitrogens with one attached hydrogen (secondary N) is 1. The number of aromatic nitrogens is 2. The van der Waals surface area contributed by atoms with E-state index in [1.165, 1.54) is 12.8 Å². The van der Waals surface area contributed by atoms with Crippen LogP contribution in [-0.2, 0) is 11.3 Å². The molecule has 7 nitrogen and oxygen atoms in total. The van der Waals surface area contributed by atoms with Crippen LogP contribution in [0.25, 0.3) is 0 Å². The van der Waals surface area contributed by atoms with Crippen molar-refractivity contribution in [3.8, 4) is 0 Å². The molecule has 1 fully saturated rings. The maximum absolute atomic E-state index is 11.6. The lowest BCUT2D eigenvalue weighted by atomic mass is 10.0. The molecule has 0 radical (unpaired) electrons. The van der Waals surface area contributed by atoms with Crippen LogP contribution in [0, 0.1) is 0 Å². The lowest BCUT2D eigenvalue weighted by Crippen LogP contribution is -2.46. The zero-order valence-corrected chi connectivity index (χ0v) is 15.4. The SMILES string of the molecule is CN(C)c1nccc(CN2CCCCC2CNC(=O)CCN)n1.Cl. The fourth-order valence-corrected chi connectivity index (χ4v) is 2.85. The Hall–Kier alpha value is -1.44. The number of nitrogens with two attached hydrogens (primary N) is 1. The smallest absolute Gasteiger partial charge is 0.225 e. The van der Waals surface area contributed by atoms with Crippen LogP contribution >= 0.6 is 12.4 Å². The summed E-state index contributed by atoms with van der Waals surface area (Å²) in [5, 5.41) is 3.00. The van der Waals surface area contributed by atoms with Crippen LogP contribution in [0.1, 0.15) is 31.4 Å². The molecule has 8 heteroatoms. The second-order valence-corrected chi connectivity index (χ2v) is 6.21.